The molecule has 136 valence electrons. The van der Waals surface area contributed by atoms with Crippen LogP contribution < -0.4 is 11.0 Å². The van der Waals surface area contributed by atoms with Crippen LogP contribution in [0.3, 0.4) is 0 Å². The quantitative estimate of drug-likeness (QED) is 0.765. The number of carbonyl (C=O) groups is 1. The van der Waals surface area contributed by atoms with Gasteiger partial charge in [-0.15, -0.1) is 0 Å². The van der Waals surface area contributed by atoms with Crippen LogP contribution >= 0.6 is 0 Å². The van der Waals surface area contributed by atoms with Gasteiger partial charge >= 0.3 is 5.69 Å². The maximum Gasteiger partial charge on any atom is 0.328 e. The lowest BCUT2D eigenvalue weighted by Gasteiger charge is -2.19. The Labute approximate surface area is 153 Å². The van der Waals surface area contributed by atoms with E-state index in [4.69, 9.17) is 0 Å². The molecule has 1 heterocycles. The molecule has 2 aromatic carbocycles. The molecular weight excluding hydrogens is 326 g/mol. The molecule has 3 rings (SSSR count). The van der Waals surface area contributed by atoms with Crippen LogP contribution in [0.15, 0.2) is 41.2 Å². The second kappa shape index (κ2) is 6.16. The molecule has 1 aromatic heterocycles. The number of carbonyl (C=O) groups excluding carboxylic acids is 1. The number of nitrogens with zero attached hydrogens (tertiary/aromatic N) is 2. The third-order valence-corrected chi connectivity index (χ3v) is 4.88. The number of amides is 1. The van der Waals surface area contributed by atoms with E-state index in [1.54, 1.807) is 23.2 Å². The van der Waals surface area contributed by atoms with Crippen LogP contribution in [0, 0.1) is 6.92 Å². The van der Waals surface area contributed by atoms with Crippen LogP contribution in [0.1, 0.15) is 42.3 Å². The normalized spacial score (nSPS) is 11.8. The maximum absolute atomic E-state index is 12.6. The van der Waals surface area contributed by atoms with E-state index in [-0.39, 0.29) is 17.0 Å². The van der Waals surface area contributed by atoms with Crippen molar-refractivity contribution < 1.29 is 4.79 Å². The standard InChI is InChI=1S/C21H25N3O2/c1-13-11-17-18(24(6)20(26)23(17)5)12-16(13)22-19(25)14-7-9-15(10-8-14)21(2,3)4/h7-12H,1-6H3,(H,22,25). The molecule has 0 radical (unpaired) electrons. The predicted molar refractivity (Wildman–Crippen MR) is 106 cm³/mol. The first-order valence-electron chi connectivity index (χ1n) is 8.67. The van der Waals surface area contributed by atoms with Gasteiger partial charge in [-0.3, -0.25) is 13.9 Å². The van der Waals surface area contributed by atoms with Crippen molar-refractivity contribution in [2.24, 2.45) is 14.1 Å². The van der Waals surface area contributed by atoms with Crippen molar-refractivity contribution >= 4 is 22.6 Å². The highest BCUT2D eigenvalue weighted by molar-refractivity contribution is 6.05. The summed E-state index contributed by atoms with van der Waals surface area (Å²) in [6.07, 6.45) is 0. The molecule has 5 heteroatoms. The van der Waals surface area contributed by atoms with Gasteiger partial charge in [0.05, 0.1) is 11.0 Å². The summed E-state index contributed by atoms with van der Waals surface area (Å²) >= 11 is 0. The Morgan fingerprint density at radius 1 is 0.962 bits per heavy atom. The Hall–Kier alpha value is -2.82. The Morgan fingerprint density at radius 2 is 1.50 bits per heavy atom. The SMILES string of the molecule is Cc1cc2c(cc1NC(=O)c1ccc(C(C)(C)C)cc1)n(C)c(=O)n2C. The fraction of sp³-hybridized carbons (Fsp3) is 0.333. The number of hydrogen-bond acceptors (Lipinski definition) is 2. The molecule has 0 spiro atoms. The largest absolute Gasteiger partial charge is 0.328 e. The highest BCUT2D eigenvalue weighted by Crippen LogP contribution is 2.25. The second-order valence-corrected chi connectivity index (χ2v) is 7.84. The van der Waals surface area contributed by atoms with E-state index in [2.05, 4.69) is 26.1 Å². The summed E-state index contributed by atoms with van der Waals surface area (Å²) in [5.74, 6) is -0.158. The molecule has 1 N–H and O–H groups in total. The van der Waals surface area contributed by atoms with E-state index in [0.29, 0.717) is 11.3 Å². The van der Waals surface area contributed by atoms with Crippen molar-refractivity contribution in [1.29, 1.82) is 0 Å². The summed E-state index contributed by atoms with van der Waals surface area (Å²) in [6, 6.07) is 11.5. The van der Waals surface area contributed by atoms with Gasteiger partial charge in [0.1, 0.15) is 0 Å². The zero-order valence-electron chi connectivity index (χ0n) is 16.2. The lowest BCUT2D eigenvalue weighted by molar-refractivity contribution is 0.102. The number of aromatic nitrogens is 2. The summed E-state index contributed by atoms with van der Waals surface area (Å²) in [5, 5.41) is 2.97. The van der Waals surface area contributed by atoms with E-state index >= 15 is 0 Å². The summed E-state index contributed by atoms with van der Waals surface area (Å²) < 4.78 is 3.20. The van der Waals surface area contributed by atoms with Gasteiger partial charge < -0.3 is 5.32 Å². The molecule has 0 bridgehead atoms. The molecule has 1 amide bonds. The number of imidazole rings is 1. The van der Waals surface area contributed by atoms with Crippen LogP contribution in [0.2, 0.25) is 0 Å². The smallest absolute Gasteiger partial charge is 0.322 e. The highest BCUT2D eigenvalue weighted by Gasteiger charge is 2.16. The Morgan fingerprint density at radius 3 is 2.04 bits per heavy atom. The fourth-order valence-corrected chi connectivity index (χ4v) is 3.10. The van der Waals surface area contributed by atoms with Crippen LogP contribution in [-0.2, 0) is 19.5 Å². The van der Waals surface area contributed by atoms with Crippen LogP contribution in [0.4, 0.5) is 5.69 Å². The van der Waals surface area contributed by atoms with Gasteiger partial charge in [0.2, 0.25) is 0 Å². The number of aryl methyl sites for hydroxylation is 3. The topological polar surface area (TPSA) is 56.0 Å². The summed E-state index contributed by atoms with van der Waals surface area (Å²) in [5.41, 5.74) is 5.03. The monoisotopic (exact) mass is 351 g/mol. The van der Waals surface area contributed by atoms with E-state index in [9.17, 15) is 9.59 Å². The molecule has 0 aliphatic heterocycles. The van der Waals surface area contributed by atoms with E-state index in [1.165, 1.54) is 5.56 Å². The van der Waals surface area contributed by atoms with Crippen molar-refractivity contribution in [2.75, 3.05) is 5.32 Å². The number of rotatable bonds is 2. The molecular formula is C21H25N3O2. The Kier molecular flexibility index (Phi) is 4.26. The third-order valence-electron chi connectivity index (χ3n) is 4.88. The Balaban J connectivity index is 1.93. The van der Waals surface area contributed by atoms with Gasteiger partial charge in [-0.05, 0) is 47.7 Å². The second-order valence-electron chi connectivity index (χ2n) is 7.84. The van der Waals surface area contributed by atoms with E-state index in [0.717, 1.165) is 16.6 Å². The summed E-state index contributed by atoms with van der Waals surface area (Å²) in [6.45, 7) is 8.36. The van der Waals surface area contributed by atoms with Crippen molar-refractivity contribution in [3.63, 3.8) is 0 Å². The summed E-state index contributed by atoms with van der Waals surface area (Å²) in [7, 11) is 3.48. The van der Waals surface area contributed by atoms with Gasteiger partial charge in [-0.25, -0.2) is 4.79 Å². The van der Waals surface area contributed by atoms with Gasteiger partial charge in [-0.1, -0.05) is 32.9 Å². The third kappa shape index (κ3) is 3.05. The molecule has 0 saturated carbocycles. The average Bonchev–Trinajstić information content (AvgIpc) is 2.79. The predicted octanol–water partition coefficient (Wildman–Crippen LogP) is 3.74. The minimum atomic E-state index is -0.158. The van der Waals surface area contributed by atoms with Crippen LogP contribution in [0.5, 0.6) is 0 Å². The molecule has 3 aromatic rings. The highest BCUT2D eigenvalue weighted by atomic mass is 16.2. The zero-order chi connectivity index (χ0) is 19.2. The van der Waals surface area contributed by atoms with Crippen molar-refractivity contribution in [3.8, 4) is 0 Å². The van der Waals surface area contributed by atoms with Gasteiger partial charge in [0.25, 0.3) is 5.91 Å². The number of benzene rings is 2. The molecule has 5 nitrogen and oxygen atoms in total. The first-order chi connectivity index (χ1) is 12.1. The van der Waals surface area contributed by atoms with Crippen molar-refractivity contribution in [3.05, 3.63) is 63.6 Å². The van der Waals surface area contributed by atoms with Crippen LogP contribution in [-0.4, -0.2) is 15.0 Å². The number of anilines is 1. The van der Waals surface area contributed by atoms with Crippen LogP contribution in [0.25, 0.3) is 11.0 Å². The van der Waals surface area contributed by atoms with Crippen molar-refractivity contribution in [1.82, 2.24) is 9.13 Å². The Bertz CT molecular complexity index is 1050. The molecule has 0 unspecified atom stereocenters. The average molecular weight is 351 g/mol. The fourth-order valence-electron chi connectivity index (χ4n) is 3.10. The van der Waals surface area contributed by atoms with E-state index < -0.39 is 0 Å². The molecule has 0 atom stereocenters. The minimum Gasteiger partial charge on any atom is -0.322 e. The molecule has 26 heavy (non-hydrogen) atoms. The summed E-state index contributed by atoms with van der Waals surface area (Å²) in [4.78, 5) is 24.7. The number of nitrogens with one attached hydrogen (secondary N) is 1. The first-order valence-corrected chi connectivity index (χ1v) is 8.67. The van der Waals surface area contributed by atoms with Gasteiger partial charge in [0, 0.05) is 25.3 Å². The maximum atomic E-state index is 12.6. The lowest BCUT2D eigenvalue weighted by Crippen LogP contribution is -2.19. The van der Waals surface area contributed by atoms with Crippen molar-refractivity contribution in [2.45, 2.75) is 33.1 Å². The number of fused-ring (bicyclic) bond motifs is 1. The molecule has 0 aliphatic rings. The van der Waals surface area contributed by atoms with Gasteiger partial charge in [-0.2, -0.15) is 0 Å². The number of hydrogen-bond donors (Lipinski definition) is 1. The first kappa shape index (κ1) is 18.0. The molecule has 0 aliphatic carbocycles. The molecule has 0 fully saturated rings. The lowest BCUT2D eigenvalue weighted by atomic mass is 9.87. The molecule has 0 saturated heterocycles. The van der Waals surface area contributed by atoms with Gasteiger partial charge in [0.15, 0.2) is 0 Å². The minimum absolute atomic E-state index is 0.0503. The zero-order valence-corrected chi connectivity index (χ0v) is 16.2. The van der Waals surface area contributed by atoms with E-state index in [1.807, 2.05) is 43.3 Å².